The van der Waals surface area contributed by atoms with Crippen LogP contribution in [0.3, 0.4) is 0 Å². The molecular formula is C16H19NO. The number of aliphatic hydroxyl groups excluding tert-OH is 1. The predicted octanol–water partition coefficient (Wildman–Crippen LogP) is 3.39. The van der Waals surface area contributed by atoms with Crippen molar-refractivity contribution in [3.05, 3.63) is 65.7 Å². The lowest BCUT2D eigenvalue weighted by Gasteiger charge is -2.13. The van der Waals surface area contributed by atoms with E-state index in [1.807, 2.05) is 42.5 Å². The number of anilines is 1. The Morgan fingerprint density at radius 1 is 1.06 bits per heavy atom. The molecular weight excluding hydrogens is 222 g/mol. The molecule has 0 heterocycles. The van der Waals surface area contributed by atoms with Crippen molar-refractivity contribution in [2.45, 2.75) is 19.4 Å². The summed E-state index contributed by atoms with van der Waals surface area (Å²) in [5.74, 6) is 0. The lowest BCUT2D eigenvalue weighted by molar-refractivity contribution is 0.191. The van der Waals surface area contributed by atoms with Crippen LogP contribution < -0.4 is 5.32 Å². The monoisotopic (exact) mass is 241 g/mol. The molecule has 2 heteroatoms. The summed E-state index contributed by atoms with van der Waals surface area (Å²) in [5.41, 5.74) is 3.30. The summed E-state index contributed by atoms with van der Waals surface area (Å²) in [6, 6.07) is 18.0. The summed E-state index contributed by atoms with van der Waals surface area (Å²) < 4.78 is 0. The first-order valence-electron chi connectivity index (χ1n) is 6.35. The lowest BCUT2D eigenvalue weighted by atomic mass is 10.1. The van der Waals surface area contributed by atoms with Crippen molar-refractivity contribution < 1.29 is 5.11 Å². The van der Waals surface area contributed by atoms with Crippen LogP contribution in [0.25, 0.3) is 0 Å². The second kappa shape index (κ2) is 6.22. The van der Waals surface area contributed by atoms with Crippen molar-refractivity contribution in [3.63, 3.8) is 0 Å². The van der Waals surface area contributed by atoms with E-state index in [-0.39, 0.29) is 0 Å². The van der Waals surface area contributed by atoms with Gasteiger partial charge in [0, 0.05) is 12.2 Å². The summed E-state index contributed by atoms with van der Waals surface area (Å²) in [5, 5.41) is 13.3. The Morgan fingerprint density at radius 2 is 1.83 bits per heavy atom. The first-order chi connectivity index (χ1) is 8.79. The zero-order valence-corrected chi connectivity index (χ0v) is 10.6. The van der Waals surface area contributed by atoms with E-state index in [9.17, 15) is 5.11 Å². The highest BCUT2D eigenvalue weighted by atomic mass is 16.3. The zero-order valence-electron chi connectivity index (χ0n) is 10.6. The molecule has 2 aromatic carbocycles. The smallest absolute Gasteiger partial charge is 0.0962 e. The van der Waals surface area contributed by atoms with Gasteiger partial charge in [-0.3, -0.25) is 0 Å². The Hall–Kier alpha value is -1.80. The number of aliphatic hydroxyl groups is 1. The van der Waals surface area contributed by atoms with Crippen LogP contribution in [0, 0.1) is 0 Å². The van der Waals surface area contributed by atoms with Gasteiger partial charge in [-0.15, -0.1) is 0 Å². The van der Waals surface area contributed by atoms with Crippen LogP contribution in [-0.4, -0.2) is 11.7 Å². The van der Waals surface area contributed by atoms with Gasteiger partial charge in [-0.25, -0.2) is 0 Å². The fourth-order valence-electron chi connectivity index (χ4n) is 1.91. The van der Waals surface area contributed by atoms with Gasteiger partial charge < -0.3 is 10.4 Å². The number of hydrogen-bond donors (Lipinski definition) is 2. The summed E-state index contributed by atoms with van der Waals surface area (Å²) in [6.07, 6.45) is 0.549. The minimum absolute atomic E-state index is 0.475. The molecule has 0 aliphatic carbocycles. The molecule has 2 N–H and O–H groups in total. The van der Waals surface area contributed by atoms with E-state index in [0.717, 1.165) is 17.7 Å². The molecule has 2 aromatic rings. The third kappa shape index (κ3) is 3.34. The number of rotatable bonds is 5. The van der Waals surface area contributed by atoms with Crippen LogP contribution in [0.2, 0.25) is 0 Å². The first-order valence-corrected chi connectivity index (χ1v) is 6.35. The van der Waals surface area contributed by atoms with Crippen molar-refractivity contribution in [1.29, 1.82) is 0 Å². The average Bonchev–Trinajstić information content (AvgIpc) is 2.46. The van der Waals surface area contributed by atoms with E-state index in [0.29, 0.717) is 6.54 Å². The van der Waals surface area contributed by atoms with Crippen LogP contribution >= 0.6 is 0 Å². The second-order valence-corrected chi connectivity index (χ2v) is 4.36. The highest BCUT2D eigenvalue weighted by Gasteiger charge is 2.06. The van der Waals surface area contributed by atoms with Crippen molar-refractivity contribution in [3.8, 4) is 0 Å². The Balaban J connectivity index is 1.95. The summed E-state index contributed by atoms with van der Waals surface area (Å²) in [7, 11) is 0. The highest BCUT2D eigenvalue weighted by Crippen LogP contribution is 2.15. The number of nitrogens with one attached hydrogen (secondary N) is 1. The van der Waals surface area contributed by atoms with Crippen molar-refractivity contribution >= 4 is 5.69 Å². The maximum atomic E-state index is 10.0. The third-order valence-corrected chi connectivity index (χ3v) is 3.02. The fourth-order valence-corrected chi connectivity index (χ4v) is 1.91. The Morgan fingerprint density at radius 3 is 2.56 bits per heavy atom. The van der Waals surface area contributed by atoms with Crippen molar-refractivity contribution in [2.24, 2.45) is 0 Å². The van der Waals surface area contributed by atoms with E-state index in [1.54, 1.807) is 0 Å². The molecule has 0 aliphatic rings. The molecule has 2 rings (SSSR count). The van der Waals surface area contributed by atoms with Gasteiger partial charge >= 0.3 is 0 Å². The molecule has 0 spiro atoms. The van der Waals surface area contributed by atoms with Gasteiger partial charge in [0.25, 0.3) is 0 Å². The minimum atomic E-state index is -0.475. The average molecular weight is 241 g/mol. The zero-order chi connectivity index (χ0) is 12.8. The van der Waals surface area contributed by atoms with Gasteiger partial charge in [0.15, 0.2) is 0 Å². The topological polar surface area (TPSA) is 32.3 Å². The molecule has 0 bridgehead atoms. The number of benzene rings is 2. The van der Waals surface area contributed by atoms with Gasteiger partial charge in [0.1, 0.15) is 0 Å². The quantitative estimate of drug-likeness (QED) is 0.841. The molecule has 1 unspecified atom stereocenters. The Bertz CT molecular complexity index is 481. The van der Waals surface area contributed by atoms with Crippen molar-refractivity contribution in [2.75, 3.05) is 11.9 Å². The maximum Gasteiger partial charge on any atom is 0.0962 e. The van der Waals surface area contributed by atoms with Crippen LogP contribution in [0.5, 0.6) is 0 Å². The largest absolute Gasteiger partial charge is 0.387 e. The molecule has 1 atom stereocenters. The lowest BCUT2D eigenvalue weighted by Crippen LogP contribution is -2.12. The van der Waals surface area contributed by atoms with Gasteiger partial charge in [-0.2, -0.15) is 0 Å². The van der Waals surface area contributed by atoms with Gasteiger partial charge in [0.05, 0.1) is 6.10 Å². The van der Waals surface area contributed by atoms with Crippen LogP contribution in [0.4, 0.5) is 5.69 Å². The molecule has 0 radical (unpaired) electrons. The van der Waals surface area contributed by atoms with Crippen LogP contribution in [-0.2, 0) is 6.42 Å². The van der Waals surface area contributed by atoms with Crippen LogP contribution in [0.1, 0.15) is 24.2 Å². The Kier molecular flexibility index (Phi) is 4.37. The van der Waals surface area contributed by atoms with E-state index in [2.05, 4.69) is 24.4 Å². The molecule has 94 valence electrons. The van der Waals surface area contributed by atoms with Gasteiger partial charge in [-0.05, 0) is 29.7 Å². The summed E-state index contributed by atoms with van der Waals surface area (Å²) in [4.78, 5) is 0. The van der Waals surface area contributed by atoms with E-state index in [1.165, 1.54) is 5.56 Å². The fraction of sp³-hybridized carbons (Fsp3) is 0.250. The minimum Gasteiger partial charge on any atom is -0.387 e. The molecule has 0 saturated carbocycles. The second-order valence-electron chi connectivity index (χ2n) is 4.36. The normalized spacial score (nSPS) is 12.1. The van der Waals surface area contributed by atoms with Crippen molar-refractivity contribution in [1.82, 2.24) is 0 Å². The van der Waals surface area contributed by atoms with E-state index >= 15 is 0 Å². The number of aryl methyl sites for hydroxylation is 1. The third-order valence-electron chi connectivity index (χ3n) is 3.02. The first kappa shape index (κ1) is 12.7. The van der Waals surface area contributed by atoms with Gasteiger partial charge in [-0.1, -0.05) is 49.4 Å². The van der Waals surface area contributed by atoms with Crippen LogP contribution in [0.15, 0.2) is 54.6 Å². The van der Waals surface area contributed by atoms with E-state index < -0.39 is 6.10 Å². The molecule has 0 fully saturated rings. The van der Waals surface area contributed by atoms with E-state index in [4.69, 9.17) is 0 Å². The maximum absolute atomic E-state index is 10.0. The molecule has 0 aromatic heterocycles. The SMILES string of the molecule is CCc1cccc(NCC(O)c2ccccc2)c1. The summed E-state index contributed by atoms with van der Waals surface area (Å²) in [6.45, 7) is 2.66. The predicted molar refractivity (Wildman–Crippen MR) is 75.7 cm³/mol. The molecule has 0 saturated heterocycles. The standard InChI is InChI=1S/C16H19NO/c1-2-13-7-6-10-15(11-13)17-12-16(18)14-8-4-3-5-9-14/h3-11,16-18H,2,12H2,1H3. The Labute approximate surface area is 108 Å². The molecule has 0 aliphatic heterocycles. The molecule has 0 amide bonds. The number of hydrogen-bond acceptors (Lipinski definition) is 2. The van der Waals surface area contributed by atoms with Gasteiger partial charge in [0.2, 0.25) is 0 Å². The highest BCUT2D eigenvalue weighted by molar-refractivity contribution is 5.46. The summed E-state index contributed by atoms with van der Waals surface area (Å²) >= 11 is 0. The molecule has 18 heavy (non-hydrogen) atoms. The molecule has 2 nitrogen and oxygen atoms in total.